The molecule has 0 saturated carbocycles. The number of halogens is 3. The summed E-state index contributed by atoms with van der Waals surface area (Å²) in [6.45, 7) is 3.75. The number of aliphatic hydroxyl groups excluding tert-OH is 1. The number of nitrogens with zero attached hydrogens (tertiary/aromatic N) is 7. The fraction of sp³-hybridized carbons (Fsp3) is 0.444. The van der Waals surface area contributed by atoms with E-state index in [4.69, 9.17) is 23.2 Å². The van der Waals surface area contributed by atoms with Gasteiger partial charge in [0.2, 0.25) is 15.8 Å². The van der Waals surface area contributed by atoms with Crippen LogP contribution in [0.2, 0.25) is 0 Å². The number of hydrogen-bond donors (Lipinski definition) is 1. The molecule has 1 saturated heterocycles. The van der Waals surface area contributed by atoms with Crippen molar-refractivity contribution < 1.29 is 55.1 Å². The fourth-order valence-electron chi connectivity index (χ4n) is 5.60. The highest BCUT2D eigenvalue weighted by Crippen LogP contribution is 2.52. The number of thiazole rings is 1. The minimum Gasteiger partial charge on any atom is -0.741 e. The first-order chi connectivity index (χ1) is 23.3. The molecule has 4 heterocycles. The molecule has 270 valence electrons. The van der Waals surface area contributed by atoms with Crippen molar-refractivity contribution in [2.45, 2.75) is 48.3 Å². The molecule has 3 aromatic rings. The molecular formula is C27H28F3N7O9S4. The number of β-lactam (4-membered cyclic amide) rings is 1. The molecule has 2 aliphatic rings. The SMILES string of the molecule is CSc1n2cc(C3=C(C(=O)OCc4ccc([N+](=O)[O-])cc4)N4C(=O)[C@H]([C@@H](C)O)[C@H]4[C@H]3C)sc2c(SCCN=[N+]=[N-])[n+]1C.O=S(=O)([O-])C(F)(F)F. The predicted molar refractivity (Wildman–Crippen MR) is 174 cm³/mol. The Morgan fingerprint density at radius 3 is 2.46 bits per heavy atom. The van der Waals surface area contributed by atoms with Crippen molar-refractivity contribution in [1.29, 1.82) is 0 Å². The largest absolute Gasteiger partial charge is 0.741 e. The van der Waals surface area contributed by atoms with Gasteiger partial charge in [-0.15, -0.1) is 0 Å². The average Bonchev–Trinajstić information content (AvgIpc) is 3.63. The van der Waals surface area contributed by atoms with Gasteiger partial charge in [-0.1, -0.05) is 35.1 Å². The van der Waals surface area contributed by atoms with Crippen LogP contribution in [0.4, 0.5) is 18.9 Å². The van der Waals surface area contributed by atoms with E-state index in [9.17, 15) is 38.0 Å². The zero-order chi connectivity index (χ0) is 37.3. The molecule has 0 bridgehead atoms. The second kappa shape index (κ2) is 15.2. The lowest BCUT2D eigenvalue weighted by atomic mass is 9.77. The number of hydrogen-bond acceptors (Lipinski definition) is 13. The van der Waals surface area contributed by atoms with Crippen molar-refractivity contribution in [1.82, 2.24) is 9.30 Å². The lowest BCUT2D eigenvalue weighted by Gasteiger charge is -2.46. The third-order valence-electron chi connectivity index (χ3n) is 7.76. The van der Waals surface area contributed by atoms with Crippen LogP contribution in [0.15, 0.2) is 51.5 Å². The van der Waals surface area contributed by atoms with E-state index >= 15 is 0 Å². The monoisotopic (exact) mass is 779 g/mol. The van der Waals surface area contributed by atoms with Crippen molar-refractivity contribution in [2.24, 2.45) is 24.0 Å². The number of thioether (sulfide) groups is 2. The molecule has 0 radical (unpaired) electrons. The van der Waals surface area contributed by atoms with Crippen LogP contribution in [-0.4, -0.2) is 80.4 Å². The van der Waals surface area contributed by atoms with E-state index < -0.39 is 38.5 Å². The van der Waals surface area contributed by atoms with Crippen LogP contribution >= 0.6 is 34.9 Å². The van der Waals surface area contributed by atoms with Gasteiger partial charge in [0, 0.05) is 40.8 Å². The van der Waals surface area contributed by atoms with Gasteiger partial charge in [0.15, 0.2) is 10.1 Å². The van der Waals surface area contributed by atoms with Crippen LogP contribution in [0.25, 0.3) is 20.8 Å². The van der Waals surface area contributed by atoms with E-state index in [1.807, 2.05) is 26.4 Å². The minimum absolute atomic E-state index is 0.0692. The number of fused-ring (bicyclic) bond motifs is 2. The van der Waals surface area contributed by atoms with Crippen LogP contribution in [-0.2, 0) is 38.1 Å². The molecule has 0 aliphatic carbocycles. The van der Waals surface area contributed by atoms with Gasteiger partial charge in [0.05, 0.1) is 34.9 Å². The number of nitro groups is 1. The molecule has 2 aliphatic heterocycles. The number of rotatable bonds is 11. The molecule has 0 unspecified atom stereocenters. The fourth-order valence-corrected chi connectivity index (χ4v) is 8.81. The first-order valence-electron chi connectivity index (χ1n) is 14.2. The summed E-state index contributed by atoms with van der Waals surface area (Å²) in [6, 6.07) is 5.34. The number of carbonyl (C=O) groups excluding carboxylic acids is 2. The first-order valence-corrected chi connectivity index (χ1v) is 18.7. The van der Waals surface area contributed by atoms with Gasteiger partial charge in [-0.25, -0.2) is 17.8 Å². The maximum atomic E-state index is 13.6. The van der Waals surface area contributed by atoms with Gasteiger partial charge in [-0.3, -0.25) is 14.9 Å². The summed E-state index contributed by atoms with van der Waals surface area (Å²) in [5, 5.41) is 26.9. The normalized spacial score (nSPS) is 19.3. The van der Waals surface area contributed by atoms with Gasteiger partial charge in [-0.05, 0) is 48.2 Å². The molecule has 2 aromatic heterocycles. The third-order valence-corrected chi connectivity index (χ3v) is 11.5. The second-order valence-electron chi connectivity index (χ2n) is 10.8. The molecule has 50 heavy (non-hydrogen) atoms. The smallest absolute Gasteiger partial charge is 0.485 e. The van der Waals surface area contributed by atoms with E-state index in [2.05, 4.69) is 19.0 Å². The van der Waals surface area contributed by atoms with Gasteiger partial charge in [-0.2, -0.15) is 17.6 Å². The maximum absolute atomic E-state index is 13.6. The van der Waals surface area contributed by atoms with Gasteiger partial charge in [0.25, 0.3) is 5.69 Å². The van der Waals surface area contributed by atoms with Crippen LogP contribution in [0.3, 0.4) is 0 Å². The van der Waals surface area contributed by atoms with Crippen LogP contribution < -0.4 is 4.57 Å². The molecule has 1 N–H and O–H groups in total. The Morgan fingerprint density at radius 2 is 1.94 bits per heavy atom. The molecule has 23 heteroatoms. The Bertz CT molecular complexity index is 2010. The third kappa shape index (κ3) is 7.57. The van der Waals surface area contributed by atoms with E-state index in [0.29, 0.717) is 23.4 Å². The standard InChI is InChI=1S/C26H28N7O6S3.CHF3O3S/c1-13-18(17-11-31-24(42-17)23(30(3)26(31)40-4)41-10-9-28-29-27)21(32-20(13)19(14(2)34)22(32)35)25(36)39-12-15-5-7-16(8-6-15)33(37)38;2-1(3,4)8(5,6)7/h5-8,11,13-14,19-20,34H,9-10,12H2,1-4H3;(H,5,6,7)/q+1;/p-1/t13-,14+,19+,20+;/m0./s1. The number of amides is 1. The molecule has 1 fully saturated rings. The number of imidazole rings is 1. The topological polar surface area (TPSA) is 224 Å². The Hall–Kier alpha value is -3.86. The van der Waals surface area contributed by atoms with Gasteiger partial charge in [0.1, 0.15) is 18.5 Å². The Labute approximate surface area is 294 Å². The zero-order valence-electron chi connectivity index (χ0n) is 26.4. The minimum atomic E-state index is -6.09. The molecule has 1 aromatic carbocycles. The second-order valence-corrected chi connectivity index (χ2v) is 15.1. The Kier molecular flexibility index (Phi) is 11.8. The lowest BCUT2D eigenvalue weighted by molar-refractivity contribution is -0.742. The van der Waals surface area contributed by atoms with Crippen molar-refractivity contribution >= 4 is 72.9 Å². The highest BCUT2D eigenvalue weighted by atomic mass is 32.2. The summed E-state index contributed by atoms with van der Waals surface area (Å²) in [7, 11) is -4.12. The number of aliphatic hydroxyl groups is 1. The summed E-state index contributed by atoms with van der Waals surface area (Å²) in [5.74, 6) is -1.29. The van der Waals surface area contributed by atoms with Crippen LogP contribution in [0, 0.1) is 22.0 Å². The van der Waals surface area contributed by atoms with E-state index in [-0.39, 0.29) is 35.9 Å². The van der Waals surface area contributed by atoms with E-state index in [0.717, 1.165) is 19.9 Å². The highest BCUT2D eigenvalue weighted by molar-refractivity contribution is 7.99. The van der Waals surface area contributed by atoms with Crippen LogP contribution in [0.5, 0.6) is 0 Å². The summed E-state index contributed by atoms with van der Waals surface area (Å²) >= 11 is 4.64. The Balaban J connectivity index is 0.000000627. The quantitative estimate of drug-likeness (QED) is 0.0236. The zero-order valence-corrected chi connectivity index (χ0v) is 29.7. The number of esters is 1. The number of ether oxygens (including phenoxy) is 1. The number of nitro benzene ring substituents is 1. The number of alkyl halides is 3. The van der Waals surface area contributed by atoms with Crippen LogP contribution in [0.1, 0.15) is 24.3 Å². The molecule has 4 atom stereocenters. The molecule has 16 nitrogen and oxygen atoms in total. The van der Waals surface area contributed by atoms with Gasteiger partial charge < -0.3 is 19.3 Å². The molecule has 5 rings (SSSR count). The maximum Gasteiger partial charge on any atom is 0.485 e. The van der Waals surface area contributed by atoms with Crippen molar-refractivity contribution in [3.05, 3.63) is 67.2 Å². The van der Waals surface area contributed by atoms with Gasteiger partial charge >= 0.3 is 16.6 Å². The number of aromatic nitrogens is 2. The molecule has 0 spiro atoms. The highest BCUT2D eigenvalue weighted by Gasteiger charge is 2.60. The van der Waals surface area contributed by atoms with Crippen molar-refractivity contribution in [3.63, 3.8) is 0 Å². The lowest BCUT2D eigenvalue weighted by Crippen LogP contribution is -2.63. The van der Waals surface area contributed by atoms with E-state index in [1.54, 1.807) is 30.4 Å². The number of non-ortho nitro benzene ring substituents is 1. The van der Waals surface area contributed by atoms with E-state index in [1.165, 1.54) is 40.5 Å². The summed E-state index contributed by atoms with van der Waals surface area (Å²) in [5.41, 5.74) is 4.33. The Morgan fingerprint density at radius 1 is 1.32 bits per heavy atom. The van der Waals surface area contributed by atoms with Crippen molar-refractivity contribution in [2.75, 3.05) is 18.6 Å². The summed E-state index contributed by atoms with van der Waals surface area (Å²) in [4.78, 5) is 43.3. The molecule has 1 amide bonds. The molecular weight excluding hydrogens is 752 g/mol. The first kappa shape index (κ1) is 38.9. The summed E-state index contributed by atoms with van der Waals surface area (Å²) < 4.78 is 68.7. The number of azide groups is 1. The summed E-state index contributed by atoms with van der Waals surface area (Å²) in [6.07, 6.45) is 3.06. The predicted octanol–water partition coefficient (Wildman–Crippen LogP) is 4.22. The number of benzene rings is 1. The number of carbonyl (C=O) groups is 2. The van der Waals surface area contributed by atoms with Crippen molar-refractivity contribution in [3.8, 4) is 0 Å². The average molecular weight is 780 g/mol.